The van der Waals surface area contributed by atoms with Crippen LogP contribution in [0, 0.1) is 3.57 Å². The number of hydrogen-bond acceptors (Lipinski definition) is 2. The Bertz CT molecular complexity index is 584. The molecule has 0 aromatic heterocycles. The molecule has 0 spiro atoms. The van der Waals surface area contributed by atoms with E-state index in [1.54, 1.807) is 0 Å². The van der Waals surface area contributed by atoms with Gasteiger partial charge in [-0.2, -0.15) is 0 Å². The van der Waals surface area contributed by atoms with Gasteiger partial charge in [-0.25, -0.2) is 0 Å². The first kappa shape index (κ1) is 16.8. The van der Waals surface area contributed by atoms with E-state index in [0.29, 0.717) is 5.75 Å². The van der Waals surface area contributed by atoms with Gasteiger partial charge in [0.25, 0.3) is 5.91 Å². The molecule has 0 fully saturated rings. The number of rotatable bonds is 7. The van der Waals surface area contributed by atoms with E-state index >= 15 is 0 Å². The van der Waals surface area contributed by atoms with Crippen molar-refractivity contribution in [2.45, 2.75) is 25.8 Å². The molecule has 1 atom stereocenters. The Kier molecular flexibility index (Phi) is 6.71. The Labute approximate surface area is 145 Å². The van der Waals surface area contributed by atoms with Crippen molar-refractivity contribution in [3.63, 3.8) is 0 Å². The van der Waals surface area contributed by atoms with Crippen LogP contribution in [0.5, 0.6) is 5.75 Å². The third kappa shape index (κ3) is 6.05. The van der Waals surface area contributed by atoms with Crippen LogP contribution in [0.2, 0.25) is 0 Å². The predicted octanol–water partition coefficient (Wildman–Crippen LogP) is 3.81. The average molecular weight is 409 g/mol. The fraction of sp³-hybridized carbons (Fsp3) is 0.278. The van der Waals surface area contributed by atoms with Crippen LogP contribution >= 0.6 is 22.6 Å². The number of carbonyl (C=O) groups excluding carboxylic acids is 1. The minimum Gasteiger partial charge on any atom is -0.484 e. The molecule has 0 aliphatic carbocycles. The fourth-order valence-electron chi connectivity index (χ4n) is 2.10. The van der Waals surface area contributed by atoms with Crippen molar-refractivity contribution in [1.82, 2.24) is 5.32 Å². The van der Waals surface area contributed by atoms with E-state index < -0.39 is 0 Å². The topological polar surface area (TPSA) is 38.3 Å². The molecule has 0 radical (unpaired) electrons. The molecular weight excluding hydrogens is 389 g/mol. The highest BCUT2D eigenvalue weighted by molar-refractivity contribution is 14.1. The maximum absolute atomic E-state index is 11.9. The normalized spacial score (nSPS) is 11.7. The largest absolute Gasteiger partial charge is 0.484 e. The van der Waals surface area contributed by atoms with E-state index in [1.165, 1.54) is 5.56 Å². The lowest BCUT2D eigenvalue weighted by Gasteiger charge is -2.14. The second-order valence-electron chi connectivity index (χ2n) is 5.24. The van der Waals surface area contributed by atoms with Gasteiger partial charge in [0.2, 0.25) is 0 Å². The lowest BCUT2D eigenvalue weighted by Crippen LogP contribution is -2.36. The zero-order valence-electron chi connectivity index (χ0n) is 12.6. The van der Waals surface area contributed by atoms with Crippen LogP contribution in [0.25, 0.3) is 0 Å². The number of carbonyl (C=O) groups is 1. The van der Waals surface area contributed by atoms with E-state index in [-0.39, 0.29) is 18.6 Å². The molecule has 4 heteroatoms. The number of halogens is 1. The highest BCUT2D eigenvalue weighted by Crippen LogP contribution is 2.13. The quantitative estimate of drug-likeness (QED) is 0.707. The maximum Gasteiger partial charge on any atom is 0.258 e. The lowest BCUT2D eigenvalue weighted by atomic mass is 10.1. The van der Waals surface area contributed by atoms with Gasteiger partial charge in [0.1, 0.15) is 5.75 Å². The van der Waals surface area contributed by atoms with E-state index in [2.05, 4.69) is 40.0 Å². The van der Waals surface area contributed by atoms with Crippen molar-refractivity contribution < 1.29 is 9.53 Å². The molecule has 0 saturated carbocycles. The Morgan fingerprint density at radius 2 is 1.82 bits per heavy atom. The van der Waals surface area contributed by atoms with Gasteiger partial charge in [-0.15, -0.1) is 0 Å². The van der Waals surface area contributed by atoms with E-state index in [0.717, 1.165) is 16.4 Å². The van der Waals surface area contributed by atoms with Crippen molar-refractivity contribution >= 4 is 28.5 Å². The van der Waals surface area contributed by atoms with Gasteiger partial charge >= 0.3 is 0 Å². The lowest BCUT2D eigenvalue weighted by molar-refractivity contribution is -0.123. The van der Waals surface area contributed by atoms with Crippen LogP contribution in [0.3, 0.4) is 0 Å². The van der Waals surface area contributed by atoms with Crippen molar-refractivity contribution in [1.29, 1.82) is 0 Å². The summed E-state index contributed by atoms with van der Waals surface area (Å²) in [6.45, 7) is 2.07. The summed E-state index contributed by atoms with van der Waals surface area (Å²) in [5, 5.41) is 2.97. The summed E-state index contributed by atoms with van der Waals surface area (Å²) in [5.74, 6) is 0.631. The van der Waals surface area contributed by atoms with Crippen LogP contribution in [-0.2, 0) is 11.2 Å². The van der Waals surface area contributed by atoms with Crippen LogP contribution in [0.15, 0.2) is 54.6 Å². The minimum atomic E-state index is -0.0842. The van der Waals surface area contributed by atoms with Crippen LogP contribution < -0.4 is 10.1 Å². The standard InChI is InChI=1S/C18H20INO2/c1-14(7-8-15-5-3-2-4-6-15)20-18(21)13-22-17-11-9-16(19)10-12-17/h2-6,9-12,14H,7-8,13H2,1H3,(H,20,21)/t14-/m1/s1. The number of aryl methyl sites for hydroxylation is 1. The Morgan fingerprint density at radius 3 is 2.50 bits per heavy atom. The molecule has 1 N–H and O–H groups in total. The van der Waals surface area contributed by atoms with Gasteiger partial charge in [0.15, 0.2) is 6.61 Å². The Morgan fingerprint density at radius 1 is 1.14 bits per heavy atom. The first-order valence-corrected chi connectivity index (χ1v) is 8.43. The molecule has 116 valence electrons. The highest BCUT2D eigenvalue weighted by atomic mass is 127. The number of benzene rings is 2. The predicted molar refractivity (Wildman–Crippen MR) is 97.0 cm³/mol. The summed E-state index contributed by atoms with van der Waals surface area (Å²) < 4.78 is 6.61. The van der Waals surface area contributed by atoms with E-state index in [4.69, 9.17) is 4.74 Å². The summed E-state index contributed by atoms with van der Waals surface area (Å²) in [6, 6.07) is 18.1. The molecule has 0 bridgehead atoms. The molecule has 0 aliphatic heterocycles. The van der Waals surface area contributed by atoms with Gasteiger partial charge < -0.3 is 10.1 Å². The van der Waals surface area contributed by atoms with Crippen LogP contribution in [-0.4, -0.2) is 18.6 Å². The Balaban J connectivity index is 1.68. The van der Waals surface area contributed by atoms with Gasteiger partial charge in [-0.05, 0) is 72.2 Å². The first-order valence-electron chi connectivity index (χ1n) is 7.35. The molecule has 0 heterocycles. The SMILES string of the molecule is C[C@H](CCc1ccccc1)NC(=O)COc1ccc(I)cc1. The van der Waals surface area contributed by atoms with Crippen molar-refractivity contribution in [3.8, 4) is 5.75 Å². The van der Waals surface area contributed by atoms with Crippen molar-refractivity contribution in [2.75, 3.05) is 6.61 Å². The van der Waals surface area contributed by atoms with Gasteiger partial charge in [-0.3, -0.25) is 4.79 Å². The second kappa shape index (κ2) is 8.78. The van der Waals surface area contributed by atoms with Crippen molar-refractivity contribution in [3.05, 3.63) is 63.7 Å². The molecule has 0 saturated heterocycles. The minimum absolute atomic E-state index is 0.0519. The summed E-state index contributed by atoms with van der Waals surface area (Å²) in [4.78, 5) is 11.9. The van der Waals surface area contributed by atoms with Gasteiger partial charge in [0, 0.05) is 9.61 Å². The summed E-state index contributed by atoms with van der Waals surface area (Å²) in [5.41, 5.74) is 1.29. The van der Waals surface area contributed by atoms with Crippen LogP contribution in [0.1, 0.15) is 18.9 Å². The maximum atomic E-state index is 11.9. The third-order valence-corrected chi connectivity index (χ3v) is 4.02. The number of hydrogen-bond donors (Lipinski definition) is 1. The smallest absolute Gasteiger partial charge is 0.258 e. The molecule has 2 rings (SSSR count). The van der Waals surface area contributed by atoms with E-state index in [1.807, 2.05) is 49.4 Å². The number of nitrogens with one attached hydrogen (secondary N) is 1. The molecule has 22 heavy (non-hydrogen) atoms. The third-order valence-electron chi connectivity index (χ3n) is 3.30. The number of ether oxygens (including phenoxy) is 1. The molecule has 2 aromatic carbocycles. The first-order chi connectivity index (χ1) is 10.6. The molecule has 1 amide bonds. The molecule has 0 aliphatic rings. The molecule has 2 aromatic rings. The van der Waals surface area contributed by atoms with Crippen LogP contribution in [0.4, 0.5) is 0 Å². The summed E-state index contributed by atoms with van der Waals surface area (Å²) in [6.07, 6.45) is 1.87. The van der Waals surface area contributed by atoms with Gasteiger partial charge in [-0.1, -0.05) is 30.3 Å². The Hall–Kier alpha value is -1.56. The molecular formula is C18H20INO2. The highest BCUT2D eigenvalue weighted by Gasteiger charge is 2.08. The molecule has 0 unspecified atom stereocenters. The molecule has 3 nitrogen and oxygen atoms in total. The average Bonchev–Trinajstić information content (AvgIpc) is 2.53. The fourth-order valence-corrected chi connectivity index (χ4v) is 2.46. The zero-order chi connectivity index (χ0) is 15.8. The zero-order valence-corrected chi connectivity index (χ0v) is 14.7. The monoisotopic (exact) mass is 409 g/mol. The van der Waals surface area contributed by atoms with E-state index in [9.17, 15) is 4.79 Å². The number of amides is 1. The van der Waals surface area contributed by atoms with Crippen molar-refractivity contribution in [2.24, 2.45) is 0 Å². The second-order valence-corrected chi connectivity index (χ2v) is 6.48. The summed E-state index contributed by atoms with van der Waals surface area (Å²) in [7, 11) is 0. The van der Waals surface area contributed by atoms with Gasteiger partial charge in [0.05, 0.1) is 0 Å². The summed E-state index contributed by atoms with van der Waals surface area (Å²) >= 11 is 2.23.